The van der Waals surface area contributed by atoms with E-state index in [2.05, 4.69) is 23.2 Å². The number of fused-ring (bicyclic) bond motifs is 1. The second-order valence-corrected chi connectivity index (χ2v) is 7.11. The molecule has 138 valence electrons. The molecule has 0 saturated carbocycles. The number of nitrogens with zero attached hydrogens (tertiary/aromatic N) is 3. The number of hydrogen-bond acceptors (Lipinski definition) is 6. The predicted molar refractivity (Wildman–Crippen MR) is 92.9 cm³/mol. The number of benzene rings is 1. The standard InChI is InChI=1S/C19H23N3O4/c1-10-5-13-7-17(26-16(13)6-11(10)2)19(23)22-9-14(24-4)8-15(22)18-21-20-12(3)25-18/h5-6,14-15,17H,7-9H2,1-4H3/t14-,15-,17?/m1/s1. The van der Waals surface area contributed by atoms with Crippen molar-refractivity contribution in [2.45, 2.75) is 51.9 Å². The van der Waals surface area contributed by atoms with Crippen LogP contribution in [0.15, 0.2) is 16.5 Å². The molecular weight excluding hydrogens is 334 g/mol. The van der Waals surface area contributed by atoms with Crippen LogP contribution in [-0.4, -0.2) is 46.9 Å². The van der Waals surface area contributed by atoms with Gasteiger partial charge in [-0.3, -0.25) is 4.79 Å². The van der Waals surface area contributed by atoms with Gasteiger partial charge in [0.05, 0.1) is 6.10 Å². The Kier molecular flexibility index (Phi) is 4.19. The van der Waals surface area contributed by atoms with Crippen molar-refractivity contribution in [1.82, 2.24) is 15.1 Å². The van der Waals surface area contributed by atoms with Crippen LogP contribution in [0.1, 0.15) is 40.9 Å². The molecule has 1 fully saturated rings. The molecule has 1 aromatic carbocycles. The highest BCUT2D eigenvalue weighted by molar-refractivity contribution is 5.83. The summed E-state index contributed by atoms with van der Waals surface area (Å²) in [4.78, 5) is 15.0. The van der Waals surface area contributed by atoms with Crippen LogP contribution in [0.3, 0.4) is 0 Å². The highest BCUT2D eigenvalue weighted by Crippen LogP contribution is 2.37. The first-order chi connectivity index (χ1) is 12.5. The van der Waals surface area contributed by atoms with Crippen molar-refractivity contribution < 1.29 is 18.7 Å². The van der Waals surface area contributed by atoms with Gasteiger partial charge >= 0.3 is 0 Å². The molecule has 26 heavy (non-hydrogen) atoms. The zero-order valence-corrected chi connectivity index (χ0v) is 15.5. The van der Waals surface area contributed by atoms with Crippen LogP contribution in [0.4, 0.5) is 0 Å². The molecule has 1 unspecified atom stereocenters. The quantitative estimate of drug-likeness (QED) is 0.839. The first-order valence-corrected chi connectivity index (χ1v) is 8.86. The van der Waals surface area contributed by atoms with Crippen LogP contribution < -0.4 is 4.74 Å². The zero-order valence-electron chi connectivity index (χ0n) is 15.5. The lowest BCUT2D eigenvalue weighted by Gasteiger charge is -2.24. The van der Waals surface area contributed by atoms with Gasteiger partial charge in [-0.2, -0.15) is 0 Å². The van der Waals surface area contributed by atoms with Gasteiger partial charge in [-0.1, -0.05) is 6.07 Å². The van der Waals surface area contributed by atoms with E-state index in [1.807, 2.05) is 13.0 Å². The molecule has 0 aliphatic carbocycles. The molecule has 3 atom stereocenters. The van der Waals surface area contributed by atoms with Gasteiger partial charge in [0, 0.05) is 33.4 Å². The Hall–Kier alpha value is -2.41. The average Bonchev–Trinajstić information content (AvgIpc) is 3.32. The molecular formula is C19H23N3O4. The van der Waals surface area contributed by atoms with Gasteiger partial charge in [0.2, 0.25) is 11.8 Å². The molecule has 1 aromatic heterocycles. The van der Waals surface area contributed by atoms with E-state index in [0.717, 1.165) is 16.9 Å². The third kappa shape index (κ3) is 2.86. The SMILES string of the molecule is CO[C@@H]1C[C@H](c2nnc(C)o2)N(C(=O)C2Cc3cc(C)c(C)cc3O2)C1. The van der Waals surface area contributed by atoms with Crippen LogP contribution >= 0.6 is 0 Å². The number of aryl methyl sites for hydroxylation is 3. The molecule has 4 rings (SSSR count). The summed E-state index contributed by atoms with van der Waals surface area (Å²) in [5, 5.41) is 8.01. The maximum absolute atomic E-state index is 13.2. The van der Waals surface area contributed by atoms with E-state index in [-0.39, 0.29) is 18.1 Å². The number of carbonyl (C=O) groups excluding carboxylic acids is 1. The van der Waals surface area contributed by atoms with Crippen molar-refractivity contribution in [2.75, 3.05) is 13.7 Å². The number of carbonyl (C=O) groups is 1. The maximum atomic E-state index is 13.2. The Bertz CT molecular complexity index is 816. The number of aromatic nitrogens is 2. The first kappa shape index (κ1) is 17.0. The van der Waals surface area contributed by atoms with Crippen molar-refractivity contribution in [3.05, 3.63) is 40.6 Å². The van der Waals surface area contributed by atoms with E-state index in [1.54, 1.807) is 18.9 Å². The number of amides is 1. The fourth-order valence-corrected chi connectivity index (χ4v) is 3.73. The van der Waals surface area contributed by atoms with Gasteiger partial charge in [0.1, 0.15) is 11.8 Å². The minimum Gasteiger partial charge on any atom is -0.480 e. The average molecular weight is 357 g/mol. The summed E-state index contributed by atoms with van der Waals surface area (Å²) in [6.45, 7) is 6.36. The number of rotatable bonds is 3. The van der Waals surface area contributed by atoms with E-state index in [9.17, 15) is 4.79 Å². The lowest BCUT2D eigenvalue weighted by Crippen LogP contribution is -2.41. The molecule has 0 bridgehead atoms. The van der Waals surface area contributed by atoms with Gasteiger partial charge in [-0.15, -0.1) is 10.2 Å². The third-order valence-corrected chi connectivity index (χ3v) is 5.33. The van der Waals surface area contributed by atoms with Gasteiger partial charge in [0.15, 0.2) is 6.10 Å². The molecule has 0 radical (unpaired) electrons. The lowest BCUT2D eigenvalue weighted by atomic mass is 10.0. The molecule has 0 spiro atoms. The van der Waals surface area contributed by atoms with Crippen LogP contribution in [0.2, 0.25) is 0 Å². The summed E-state index contributed by atoms with van der Waals surface area (Å²) < 4.78 is 17.0. The number of methoxy groups -OCH3 is 1. The minimum absolute atomic E-state index is 0.0515. The Morgan fingerprint density at radius 2 is 2.00 bits per heavy atom. The molecule has 1 amide bonds. The van der Waals surface area contributed by atoms with Crippen molar-refractivity contribution in [3.8, 4) is 5.75 Å². The topological polar surface area (TPSA) is 77.7 Å². The summed E-state index contributed by atoms with van der Waals surface area (Å²) in [7, 11) is 1.66. The summed E-state index contributed by atoms with van der Waals surface area (Å²) in [6, 6.07) is 3.85. The Morgan fingerprint density at radius 1 is 1.23 bits per heavy atom. The van der Waals surface area contributed by atoms with Crippen LogP contribution in [0.5, 0.6) is 5.75 Å². The number of hydrogen-bond donors (Lipinski definition) is 0. The second-order valence-electron chi connectivity index (χ2n) is 7.11. The Morgan fingerprint density at radius 3 is 2.69 bits per heavy atom. The summed E-state index contributed by atoms with van der Waals surface area (Å²) in [6.07, 6.45) is 0.651. The van der Waals surface area contributed by atoms with Gasteiger partial charge in [-0.25, -0.2) is 0 Å². The molecule has 1 saturated heterocycles. The highest BCUT2D eigenvalue weighted by atomic mass is 16.5. The fraction of sp³-hybridized carbons (Fsp3) is 0.526. The van der Waals surface area contributed by atoms with Crippen LogP contribution in [-0.2, 0) is 16.0 Å². The molecule has 2 aliphatic rings. The van der Waals surface area contributed by atoms with Crippen molar-refractivity contribution in [1.29, 1.82) is 0 Å². The van der Waals surface area contributed by atoms with Crippen molar-refractivity contribution >= 4 is 5.91 Å². The normalized spacial score (nSPS) is 24.6. The zero-order chi connectivity index (χ0) is 18.4. The number of ether oxygens (including phenoxy) is 2. The van der Waals surface area contributed by atoms with Crippen LogP contribution in [0, 0.1) is 20.8 Å². The van der Waals surface area contributed by atoms with E-state index in [4.69, 9.17) is 13.9 Å². The van der Waals surface area contributed by atoms with Crippen molar-refractivity contribution in [2.24, 2.45) is 0 Å². The summed E-state index contributed by atoms with van der Waals surface area (Å²) in [5.74, 6) is 1.69. The van der Waals surface area contributed by atoms with E-state index < -0.39 is 6.10 Å². The van der Waals surface area contributed by atoms with E-state index in [1.165, 1.54) is 5.56 Å². The highest BCUT2D eigenvalue weighted by Gasteiger charge is 2.43. The van der Waals surface area contributed by atoms with Crippen LogP contribution in [0.25, 0.3) is 0 Å². The van der Waals surface area contributed by atoms with Gasteiger partial charge in [-0.05, 0) is 36.6 Å². The first-order valence-electron chi connectivity index (χ1n) is 8.86. The maximum Gasteiger partial charge on any atom is 0.264 e. The second kappa shape index (κ2) is 6.39. The monoisotopic (exact) mass is 357 g/mol. The van der Waals surface area contributed by atoms with Gasteiger partial charge < -0.3 is 18.8 Å². The number of likely N-dealkylation sites (tertiary alicyclic amines) is 1. The Labute approximate surface area is 152 Å². The van der Waals surface area contributed by atoms with Crippen molar-refractivity contribution in [3.63, 3.8) is 0 Å². The summed E-state index contributed by atoms with van der Waals surface area (Å²) in [5.41, 5.74) is 3.45. The molecule has 2 aromatic rings. The predicted octanol–water partition coefficient (Wildman–Crippen LogP) is 2.29. The third-order valence-electron chi connectivity index (χ3n) is 5.33. The molecule has 3 heterocycles. The minimum atomic E-state index is -0.520. The lowest BCUT2D eigenvalue weighted by molar-refractivity contribution is -0.139. The molecule has 7 nitrogen and oxygen atoms in total. The largest absolute Gasteiger partial charge is 0.480 e. The molecule has 0 N–H and O–H groups in total. The fourth-order valence-electron chi connectivity index (χ4n) is 3.73. The summed E-state index contributed by atoms with van der Waals surface area (Å²) >= 11 is 0. The smallest absolute Gasteiger partial charge is 0.264 e. The molecule has 7 heteroatoms. The van der Waals surface area contributed by atoms with E-state index >= 15 is 0 Å². The van der Waals surface area contributed by atoms with Gasteiger partial charge in [0.25, 0.3) is 5.91 Å². The van der Waals surface area contributed by atoms with E-state index in [0.29, 0.717) is 31.2 Å². The molecule has 2 aliphatic heterocycles. The Balaban J connectivity index is 1.56.